The Balaban J connectivity index is 2.75. The third-order valence-electron chi connectivity index (χ3n) is 2.39. The van der Waals surface area contributed by atoms with Gasteiger partial charge in [0, 0.05) is 16.8 Å². The van der Waals surface area contributed by atoms with E-state index in [0.717, 1.165) is 16.8 Å². The summed E-state index contributed by atoms with van der Waals surface area (Å²) >= 11 is 5.00. The summed E-state index contributed by atoms with van der Waals surface area (Å²) in [6.45, 7) is 7.99. The highest BCUT2D eigenvalue weighted by atomic mass is 32.1. The van der Waals surface area contributed by atoms with E-state index in [-0.39, 0.29) is 18.0 Å². The molecule has 0 aliphatic carbocycles. The maximum atomic E-state index is 11.8. The molecule has 1 amide bonds. The van der Waals surface area contributed by atoms with E-state index in [4.69, 9.17) is 18.0 Å². The van der Waals surface area contributed by atoms with Crippen LogP contribution in [0.2, 0.25) is 0 Å². The van der Waals surface area contributed by atoms with Crippen molar-refractivity contribution in [2.45, 2.75) is 33.2 Å². The monoisotopic (exact) mass is 279 g/mol. The molecule has 0 saturated heterocycles. The van der Waals surface area contributed by atoms with Gasteiger partial charge in [-0.25, -0.2) is 0 Å². The van der Waals surface area contributed by atoms with E-state index in [2.05, 4.69) is 10.6 Å². The molecule has 4 nitrogen and oxygen atoms in total. The SMILES string of the molecule is Cc1ccc(C(N)=S)c(NCC(=O)NC(C)(C)C)c1. The van der Waals surface area contributed by atoms with Crippen molar-refractivity contribution in [1.29, 1.82) is 0 Å². The molecular weight excluding hydrogens is 258 g/mol. The van der Waals surface area contributed by atoms with Gasteiger partial charge in [-0.2, -0.15) is 0 Å². The highest BCUT2D eigenvalue weighted by molar-refractivity contribution is 7.80. The number of hydrogen-bond donors (Lipinski definition) is 3. The van der Waals surface area contributed by atoms with Crippen molar-refractivity contribution >= 4 is 28.8 Å². The van der Waals surface area contributed by atoms with Crippen molar-refractivity contribution in [1.82, 2.24) is 5.32 Å². The number of aryl methyl sites for hydroxylation is 1. The van der Waals surface area contributed by atoms with E-state index in [9.17, 15) is 4.79 Å². The van der Waals surface area contributed by atoms with Gasteiger partial charge in [0.05, 0.1) is 6.54 Å². The first-order valence-corrected chi connectivity index (χ1v) is 6.55. The topological polar surface area (TPSA) is 67.1 Å². The van der Waals surface area contributed by atoms with Crippen LogP contribution in [-0.2, 0) is 4.79 Å². The standard InChI is InChI=1S/C14H21N3OS/c1-9-5-6-10(13(15)19)11(7-9)16-8-12(18)17-14(2,3)4/h5-7,16H,8H2,1-4H3,(H2,15,19)(H,17,18). The molecule has 104 valence electrons. The molecular formula is C14H21N3OS. The first kappa shape index (κ1) is 15.4. The average molecular weight is 279 g/mol. The minimum atomic E-state index is -0.239. The van der Waals surface area contributed by atoms with Crippen molar-refractivity contribution in [2.24, 2.45) is 5.73 Å². The van der Waals surface area contributed by atoms with Crippen LogP contribution in [0.5, 0.6) is 0 Å². The molecule has 0 aromatic heterocycles. The molecule has 1 aromatic rings. The Morgan fingerprint density at radius 3 is 2.53 bits per heavy atom. The summed E-state index contributed by atoms with van der Waals surface area (Å²) in [6, 6.07) is 5.73. The Morgan fingerprint density at radius 2 is 2.00 bits per heavy atom. The van der Waals surface area contributed by atoms with E-state index >= 15 is 0 Å². The molecule has 5 heteroatoms. The largest absolute Gasteiger partial charge is 0.389 e. The lowest BCUT2D eigenvalue weighted by Crippen LogP contribution is -2.43. The fourth-order valence-electron chi connectivity index (χ4n) is 1.66. The summed E-state index contributed by atoms with van der Waals surface area (Å²) in [5.74, 6) is -0.0668. The number of anilines is 1. The van der Waals surface area contributed by atoms with Crippen molar-refractivity contribution < 1.29 is 4.79 Å². The minimum Gasteiger partial charge on any atom is -0.389 e. The third kappa shape index (κ3) is 5.26. The summed E-state index contributed by atoms with van der Waals surface area (Å²) in [7, 11) is 0. The number of thiocarbonyl (C=S) groups is 1. The van der Waals surface area contributed by atoms with Crippen LogP contribution in [0.15, 0.2) is 18.2 Å². The average Bonchev–Trinajstić information content (AvgIpc) is 2.23. The Kier molecular flexibility index (Phi) is 4.89. The molecule has 0 fully saturated rings. The summed E-state index contributed by atoms with van der Waals surface area (Å²) in [4.78, 5) is 12.1. The molecule has 0 aliphatic rings. The quantitative estimate of drug-likeness (QED) is 0.737. The van der Waals surface area contributed by atoms with Gasteiger partial charge in [-0.3, -0.25) is 4.79 Å². The first-order valence-electron chi connectivity index (χ1n) is 6.14. The predicted molar refractivity (Wildman–Crippen MR) is 83.5 cm³/mol. The molecule has 0 heterocycles. The van der Waals surface area contributed by atoms with Crippen molar-refractivity contribution in [2.75, 3.05) is 11.9 Å². The molecule has 0 spiro atoms. The van der Waals surface area contributed by atoms with E-state index in [1.165, 1.54) is 0 Å². The zero-order chi connectivity index (χ0) is 14.6. The molecule has 0 saturated carbocycles. The third-order valence-corrected chi connectivity index (χ3v) is 2.61. The molecule has 1 rings (SSSR count). The highest BCUT2D eigenvalue weighted by Gasteiger charge is 2.14. The molecule has 0 radical (unpaired) electrons. The van der Waals surface area contributed by atoms with Crippen molar-refractivity contribution in [3.63, 3.8) is 0 Å². The van der Waals surface area contributed by atoms with Gasteiger partial charge in [0.1, 0.15) is 4.99 Å². The van der Waals surface area contributed by atoms with Crippen LogP contribution in [0.4, 0.5) is 5.69 Å². The molecule has 0 unspecified atom stereocenters. The van der Waals surface area contributed by atoms with Gasteiger partial charge >= 0.3 is 0 Å². The zero-order valence-corrected chi connectivity index (χ0v) is 12.6. The Hall–Kier alpha value is -1.62. The number of carbonyl (C=O) groups is 1. The second kappa shape index (κ2) is 6.02. The summed E-state index contributed by atoms with van der Waals surface area (Å²) < 4.78 is 0. The van der Waals surface area contributed by atoms with Gasteiger partial charge < -0.3 is 16.4 Å². The molecule has 19 heavy (non-hydrogen) atoms. The fourth-order valence-corrected chi connectivity index (χ4v) is 1.84. The van der Waals surface area contributed by atoms with Crippen LogP contribution in [-0.4, -0.2) is 23.0 Å². The Labute approximate surface area is 119 Å². The van der Waals surface area contributed by atoms with Crippen LogP contribution in [0, 0.1) is 6.92 Å². The maximum absolute atomic E-state index is 11.8. The normalized spacial score (nSPS) is 10.9. The maximum Gasteiger partial charge on any atom is 0.239 e. The van der Waals surface area contributed by atoms with Crippen LogP contribution in [0.25, 0.3) is 0 Å². The van der Waals surface area contributed by atoms with Crippen molar-refractivity contribution in [3.05, 3.63) is 29.3 Å². The fraction of sp³-hybridized carbons (Fsp3) is 0.429. The van der Waals surface area contributed by atoms with Gasteiger partial charge in [-0.05, 0) is 45.4 Å². The van der Waals surface area contributed by atoms with E-state index in [0.29, 0.717) is 4.99 Å². The van der Waals surface area contributed by atoms with Gasteiger partial charge in [0.25, 0.3) is 0 Å². The van der Waals surface area contributed by atoms with E-state index < -0.39 is 0 Å². The van der Waals surface area contributed by atoms with Crippen LogP contribution in [0.3, 0.4) is 0 Å². The molecule has 0 atom stereocenters. The lowest BCUT2D eigenvalue weighted by atomic mass is 10.1. The Morgan fingerprint density at radius 1 is 1.37 bits per heavy atom. The molecule has 1 aromatic carbocycles. The van der Waals surface area contributed by atoms with Gasteiger partial charge in [0.15, 0.2) is 0 Å². The predicted octanol–water partition coefficient (Wildman–Crippen LogP) is 1.96. The molecule has 0 bridgehead atoms. The summed E-state index contributed by atoms with van der Waals surface area (Å²) in [6.07, 6.45) is 0. The lowest BCUT2D eigenvalue weighted by Gasteiger charge is -2.21. The van der Waals surface area contributed by atoms with Gasteiger partial charge in [0.2, 0.25) is 5.91 Å². The number of rotatable bonds is 4. The first-order chi connectivity index (χ1) is 8.69. The van der Waals surface area contributed by atoms with Crippen LogP contribution < -0.4 is 16.4 Å². The minimum absolute atomic E-state index is 0.0668. The summed E-state index contributed by atoms with van der Waals surface area (Å²) in [5, 5.41) is 5.97. The molecule has 0 aliphatic heterocycles. The molecule has 4 N–H and O–H groups in total. The van der Waals surface area contributed by atoms with Crippen molar-refractivity contribution in [3.8, 4) is 0 Å². The van der Waals surface area contributed by atoms with E-state index in [1.54, 1.807) is 0 Å². The number of benzene rings is 1. The van der Waals surface area contributed by atoms with E-state index in [1.807, 2.05) is 45.9 Å². The second-order valence-corrected chi connectivity index (χ2v) is 6.00. The Bertz CT molecular complexity index is 492. The zero-order valence-electron chi connectivity index (χ0n) is 11.8. The summed E-state index contributed by atoms with van der Waals surface area (Å²) in [5.41, 5.74) is 8.05. The smallest absolute Gasteiger partial charge is 0.239 e. The van der Waals surface area contributed by atoms with Crippen LogP contribution in [0.1, 0.15) is 31.9 Å². The van der Waals surface area contributed by atoms with Gasteiger partial charge in [-0.1, -0.05) is 18.3 Å². The second-order valence-electron chi connectivity index (χ2n) is 5.57. The van der Waals surface area contributed by atoms with Crippen LogP contribution >= 0.6 is 12.2 Å². The number of amides is 1. The number of nitrogens with one attached hydrogen (secondary N) is 2. The number of nitrogens with two attached hydrogens (primary N) is 1. The number of carbonyl (C=O) groups excluding carboxylic acids is 1. The number of hydrogen-bond acceptors (Lipinski definition) is 3. The van der Waals surface area contributed by atoms with Gasteiger partial charge in [-0.15, -0.1) is 0 Å². The lowest BCUT2D eigenvalue weighted by molar-refractivity contribution is -0.120. The highest BCUT2D eigenvalue weighted by Crippen LogP contribution is 2.17.